The number of rotatable bonds is 0. The van der Waals surface area contributed by atoms with Crippen LogP contribution >= 0.6 is 11.6 Å². The minimum absolute atomic E-state index is 0.171. The molecule has 0 aliphatic carbocycles. The molecule has 0 unspecified atom stereocenters. The van der Waals surface area contributed by atoms with Gasteiger partial charge in [-0.3, -0.25) is 0 Å². The summed E-state index contributed by atoms with van der Waals surface area (Å²) in [6, 6.07) is 0. The normalized spacial score (nSPS) is 9.67. The first-order valence-electron chi connectivity index (χ1n) is 2.35. The second-order valence-electron chi connectivity index (χ2n) is 1.59. The van der Waals surface area contributed by atoms with Gasteiger partial charge in [0.15, 0.2) is 5.15 Å². The molecule has 1 aromatic rings. The van der Waals surface area contributed by atoms with E-state index >= 15 is 0 Å². The van der Waals surface area contributed by atoms with Crippen molar-refractivity contribution in [2.45, 2.75) is 6.92 Å². The second-order valence-corrected chi connectivity index (χ2v) is 1.95. The van der Waals surface area contributed by atoms with Gasteiger partial charge in [-0.2, -0.15) is 4.39 Å². The molecular formula is C5H4ClFN2. The predicted octanol–water partition coefficient (Wildman–Crippen LogP) is 1.58. The van der Waals surface area contributed by atoms with E-state index in [1.54, 1.807) is 6.92 Å². The van der Waals surface area contributed by atoms with Crippen LogP contribution < -0.4 is 0 Å². The molecule has 0 amide bonds. The molecule has 1 rings (SSSR count). The van der Waals surface area contributed by atoms with Crippen LogP contribution in [0.5, 0.6) is 0 Å². The summed E-state index contributed by atoms with van der Waals surface area (Å²) in [5.41, 5.74) is 0.612. The van der Waals surface area contributed by atoms with Crippen molar-refractivity contribution in [2.75, 3.05) is 0 Å². The predicted molar refractivity (Wildman–Crippen MR) is 31.7 cm³/mol. The Kier molecular flexibility index (Phi) is 1.62. The Hall–Kier alpha value is -0.700. The van der Waals surface area contributed by atoms with Crippen LogP contribution in [-0.2, 0) is 0 Å². The van der Waals surface area contributed by atoms with Crippen molar-refractivity contribution in [3.8, 4) is 0 Å². The fourth-order valence-electron chi connectivity index (χ4n) is 0.433. The largest absolute Gasteiger partial charge is 0.250 e. The Morgan fingerprint density at radius 3 is 2.78 bits per heavy atom. The number of aryl methyl sites for hydroxylation is 1. The number of nitrogens with zero attached hydrogens (tertiary/aromatic N) is 2. The highest BCUT2D eigenvalue weighted by atomic mass is 35.5. The van der Waals surface area contributed by atoms with Crippen LogP contribution in [0.25, 0.3) is 0 Å². The van der Waals surface area contributed by atoms with Gasteiger partial charge in [-0.15, -0.1) is 0 Å². The van der Waals surface area contributed by atoms with Gasteiger partial charge in [-0.1, -0.05) is 11.6 Å². The SMILES string of the molecule is Cc1cnc(F)c(Cl)n1. The van der Waals surface area contributed by atoms with Gasteiger partial charge >= 0.3 is 0 Å². The van der Waals surface area contributed by atoms with E-state index in [4.69, 9.17) is 11.6 Å². The van der Waals surface area contributed by atoms with Gasteiger partial charge in [0.05, 0.1) is 11.9 Å². The summed E-state index contributed by atoms with van der Waals surface area (Å²) in [6.45, 7) is 1.69. The monoisotopic (exact) mass is 146 g/mol. The van der Waals surface area contributed by atoms with Gasteiger partial charge in [0.2, 0.25) is 0 Å². The summed E-state index contributed by atoms with van der Waals surface area (Å²) in [6.07, 6.45) is 1.32. The van der Waals surface area contributed by atoms with Crippen LogP contribution in [0.2, 0.25) is 5.15 Å². The number of hydrogen-bond donors (Lipinski definition) is 0. The summed E-state index contributed by atoms with van der Waals surface area (Å²) in [4.78, 5) is 6.92. The Bertz CT molecular complexity index is 226. The fraction of sp³-hybridized carbons (Fsp3) is 0.200. The molecule has 0 bridgehead atoms. The molecule has 0 radical (unpaired) electrons. The van der Waals surface area contributed by atoms with Gasteiger partial charge in [-0.25, -0.2) is 9.97 Å². The third-order valence-electron chi connectivity index (χ3n) is 0.809. The highest BCUT2D eigenvalue weighted by Gasteiger charge is 1.99. The van der Waals surface area contributed by atoms with Crippen molar-refractivity contribution in [3.63, 3.8) is 0 Å². The van der Waals surface area contributed by atoms with Crippen LogP contribution in [0.15, 0.2) is 6.20 Å². The quantitative estimate of drug-likeness (QED) is 0.555. The molecular weight excluding hydrogens is 143 g/mol. The average Bonchev–Trinajstić information content (AvgIpc) is 1.80. The maximum Gasteiger partial charge on any atom is 0.250 e. The molecule has 4 heteroatoms. The molecule has 0 fully saturated rings. The van der Waals surface area contributed by atoms with E-state index in [9.17, 15) is 4.39 Å². The van der Waals surface area contributed by atoms with E-state index in [2.05, 4.69) is 9.97 Å². The van der Waals surface area contributed by atoms with Crippen molar-refractivity contribution in [3.05, 3.63) is 23.0 Å². The van der Waals surface area contributed by atoms with Crippen LogP contribution in [-0.4, -0.2) is 9.97 Å². The van der Waals surface area contributed by atoms with Gasteiger partial charge in [-0.05, 0) is 6.92 Å². The molecule has 0 spiro atoms. The lowest BCUT2D eigenvalue weighted by Crippen LogP contribution is -1.89. The lowest BCUT2D eigenvalue weighted by molar-refractivity contribution is 0.575. The zero-order valence-electron chi connectivity index (χ0n) is 4.73. The molecule has 0 N–H and O–H groups in total. The lowest BCUT2D eigenvalue weighted by Gasteiger charge is -1.91. The molecule has 48 valence electrons. The first-order chi connectivity index (χ1) is 4.20. The van der Waals surface area contributed by atoms with E-state index in [1.165, 1.54) is 6.20 Å². The molecule has 0 aliphatic heterocycles. The summed E-state index contributed by atoms with van der Waals surface area (Å²) in [5, 5.41) is -0.171. The molecule has 0 aromatic carbocycles. The minimum Gasteiger partial charge on any atom is -0.235 e. The Balaban J connectivity index is 3.17. The van der Waals surface area contributed by atoms with Crippen molar-refractivity contribution >= 4 is 11.6 Å². The van der Waals surface area contributed by atoms with Crippen molar-refractivity contribution in [1.82, 2.24) is 9.97 Å². The topological polar surface area (TPSA) is 25.8 Å². The van der Waals surface area contributed by atoms with E-state index in [0.29, 0.717) is 5.69 Å². The zero-order valence-corrected chi connectivity index (χ0v) is 5.48. The summed E-state index contributed by atoms with van der Waals surface area (Å²) < 4.78 is 12.2. The van der Waals surface area contributed by atoms with Gasteiger partial charge < -0.3 is 0 Å². The van der Waals surface area contributed by atoms with Gasteiger partial charge in [0.25, 0.3) is 5.95 Å². The van der Waals surface area contributed by atoms with E-state index in [0.717, 1.165) is 0 Å². The Morgan fingerprint density at radius 2 is 2.33 bits per heavy atom. The molecule has 0 saturated heterocycles. The minimum atomic E-state index is -0.720. The average molecular weight is 147 g/mol. The van der Waals surface area contributed by atoms with Crippen LogP contribution in [0.4, 0.5) is 4.39 Å². The maximum absolute atomic E-state index is 12.2. The first kappa shape index (κ1) is 6.42. The fourth-order valence-corrected chi connectivity index (χ4v) is 0.615. The summed E-state index contributed by atoms with van der Waals surface area (Å²) in [7, 11) is 0. The van der Waals surface area contributed by atoms with E-state index in [1.807, 2.05) is 0 Å². The first-order valence-corrected chi connectivity index (χ1v) is 2.72. The Labute approximate surface area is 56.7 Å². The third kappa shape index (κ3) is 1.36. The van der Waals surface area contributed by atoms with Crippen LogP contribution in [0.1, 0.15) is 5.69 Å². The molecule has 0 aliphatic rings. The standard InChI is InChI=1S/C5H4ClFN2/c1-3-2-8-5(7)4(6)9-3/h2H,1H3. The van der Waals surface area contributed by atoms with E-state index < -0.39 is 5.95 Å². The van der Waals surface area contributed by atoms with E-state index in [-0.39, 0.29) is 5.15 Å². The molecule has 2 nitrogen and oxygen atoms in total. The lowest BCUT2D eigenvalue weighted by atomic mass is 10.5. The van der Waals surface area contributed by atoms with Crippen molar-refractivity contribution in [1.29, 1.82) is 0 Å². The Morgan fingerprint density at radius 1 is 1.67 bits per heavy atom. The summed E-state index contributed by atoms with van der Waals surface area (Å²) in [5.74, 6) is -0.720. The zero-order chi connectivity index (χ0) is 6.85. The second kappa shape index (κ2) is 2.27. The van der Waals surface area contributed by atoms with Gasteiger partial charge in [0.1, 0.15) is 0 Å². The molecule has 1 heterocycles. The number of aromatic nitrogens is 2. The van der Waals surface area contributed by atoms with Crippen LogP contribution in [0.3, 0.4) is 0 Å². The highest BCUT2D eigenvalue weighted by molar-refractivity contribution is 6.29. The molecule has 1 aromatic heterocycles. The highest BCUT2D eigenvalue weighted by Crippen LogP contribution is 2.06. The third-order valence-corrected chi connectivity index (χ3v) is 1.05. The smallest absolute Gasteiger partial charge is 0.235 e. The molecule has 0 saturated carbocycles. The summed E-state index contributed by atoms with van der Waals surface area (Å²) >= 11 is 5.27. The molecule has 0 atom stereocenters. The maximum atomic E-state index is 12.2. The van der Waals surface area contributed by atoms with Crippen molar-refractivity contribution < 1.29 is 4.39 Å². The van der Waals surface area contributed by atoms with Crippen molar-refractivity contribution in [2.24, 2.45) is 0 Å². The number of hydrogen-bond acceptors (Lipinski definition) is 2. The van der Waals surface area contributed by atoms with Crippen LogP contribution in [0, 0.1) is 12.9 Å². The number of halogens is 2. The van der Waals surface area contributed by atoms with Gasteiger partial charge in [0, 0.05) is 0 Å². The molecule has 9 heavy (non-hydrogen) atoms.